The van der Waals surface area contributed by atoms with Gasteiger partial charge in [-0.1, -0.05) is 0 Å². The lowest BCUT2D eigenvalue weighted by atomic mass is 9.86. The summed E-state index contributed by atoms with van der Waals surface area (Å²) >= 11 is 0. The summed E-state index contributed by atoms with van der Waals surface area (Å²) in [7, 11) is 0. The maximum Gasteiger partial charge on any atom is 0.310 e. The number of aromatic nitrogens is 1. The highest BCUT2D eigenvalue weighted by Crippen LogP contribution is 2.30. The molecule has 94 valence electrons. The normalized spacial score (nSPS) is 12.3. The molecule has 0 saturated heterocycles. The van der Waals surface area contributed by atoms with Gasteiger partial charge in [0, 0.05) is 6.20 Å². The lowest BCUT2D eigenvalue weighted by Gasteiger charge is -2.38. The number of anilines is 1. The largest absolute Gasteiger partial charge is 0.388 e. The first-order valence-corrected chi connectivity index (χ1v) is 5.24. The van der Waals surface area contributed by atoms with Gasteiger partial charge < -0.3 is 10.4 Å². The van der Waals surface area contributed by atoms with E-state index in [-0.39, 0.29) is 5.69 Å². The average Bonchev–Trinajstić information content (AvgIpc) is 2.15. The second-order valence-corrected chi connectivity index (χ2v) is 4.96. The van der Waals surface area contributed by atoms with Gasteiger partial charge in [-0.2, -0.15) is 0 Å². The minimum atomic E-state index is -1.02. The monoisotopic (exact) mass is 239 g/mol. The Kier molecular flexibility index (Phi) is 3.38. The second kappa shape index (κ2) is 4.29. The molecule has 0 saturated carbocycles. The van der Waals surface area contributed by atoms with Gasteiger partial charge in [0.1, 0.15) is 11.9 Å². The molecular weight excluding hydrogens is 222 g/mol. The second-order valence-electron chi connectivity index (χ2n) is 4.96. The molecule has 2 N–H and O–H groups in total. The molecule has 0 aliphatic rings. The summed E-state index contributed by atoms with van der Waals surface area (Å²) in [5.74, 6) is 0. The number of aliphatic hydroxyl groups is 1. The van der Waals surface area contributed by atoms with Crippen molar-refractivity contribution in [2.75, 3.05) is 5.32 Å². The molecule has 1 aromatic rings. The molecular formula is C11H17N3O3. The smallest absolute Gasteiger partial charge is 0.310 e. The Morgan fingerprint density at radius 3 is 2.47 bits per heavy atom. The topological polar surface area (TPSA) is 88.3 Å². The van der Waals surface area contributed by atoms with Crippen molar-refractivity contribution in [2.45, 2.75) is 38.8 Å². The fraction of sp³-hybridized carbons (Fsp3) is 0.545. The maximum absolute atomic E-state index is 10.8. The molecule has 0 aliphatic heterocycles. The standard InChI is InChI=1S/C11H17N3O3/c1-10(2,11(3,4)15)13-8-5-6-12-7-9(8)14(16)17/h5-7,15H,1-4H3,(H,12,13). The Balaban J connectivity index is 3.08. The van der Waals surface area contributed by atoms with Gasteiger partial charge >= 0.3 is 5.69 Å². The fourth-order valence-electron chi connectivity index (χ4n) is 1.13. The lowest BCUT2D eigenvalue weighted by Crippen LogP contribution is -2.51. The molecule has 0 fully saturated rings. The molecule has 0 amide bonds. The van der Waals surface area contributed by atoms with Crippen LogP contribution in [0.3, 0.4) is 0 Å². The summed E-state index contributed by atoms with van der Waals surface area (Å²) in [6, 6.07) is 1.52. The van der Waals surface area contributed by atoms with Crippen LogP contribution in [0.5, 0.6) is 0 Å². The molecule has 0 radical (unpaired) electrons. The van der Waals surface area contributed by atoms with Gasteiger partial charge in [-0.3, -0.25) is 15.1 Å². The molecule has 0 aromatic carbocycles. The third-order valence-corrected chi connectivity index (χ3v) is 2.97. The van der Waals surface area contributed by atoms with Crippen LogP contribution in [0.4, 0.5) is 11.4 Å². The van der Waals surface area contributed by atoms with E-state index < -0.39 is 16.1 Å². The van der Waals surface area contributed by atoms with Crippen molar-refractivity contribution in [1.82, 2.24) is 4.98 Å². The van der Waals surface area contributed by atoms with Crippen LogP contribution >= 0.6 is 0 Å². The predicted molar refractivity (Wildman–Crippen MR) is 64.9 cm³/mol. The minimum Gasteiger partial charge on any atom is -0.388 e. The number of nitro groups is 1. The molecule has 1 aromatic heterocycles. The summed E-state index contributed by atoms with van der Waals surface area (Å²) in [5.41, 5.74) is -1.49. The maximum atomic E-state index is 10.8. The molecule has 0 aliphatic carbocycles. The Hall–Kier alpha value is -1.69. The summed E-state index contributed by atoms with van der Waals surface area (Å²) in [4.78, 5) is 14.0. The molecule has 6 heteroatoms. The Bertz CT molecular complexity index is 424. The first-order valence-electron chi connectivity index (χ1n) is 5.24. The zero-order valence-electron chi connectivity index (χ0n) is 10.4. The quantitative estimate of drug-likeness (QED) is 0.619. The number of rotatable bonds is 4. The minimum absolute atomic E-state index is 0.107. The van der Waals surface area contributed by atoms with Crippen molar-refractivity contribution in [3.8, 4) is 0 Å². The van der Waals surface area contributed by atoms with Crippen LogP contribution < -0.4 is 5.32 Å². The summed E-state index contributed by atoms with van der Waals surface area (Å²) < 4.78 is 0. The molecule has 0 atom stereocenters. The zero-order valence-corrected chi connectivity index (χ0v) is 10.4. The van der Waals surface area contributed by atoms with Crippen molar-refractivity contribution in [2.24, 2.45) is 0 Å². The molecule has 1 rings (SSSR count). The van der Waals surface area contributed by atoms with Crippen LogP contribution in [0.15, 0.2) is 18.5 Å². The fourth-order valence-corrected chi connectivity index (χ4v) is 1.13. The van der Waals surface area contributed by atoms with Gasteiger partial charge in [0.2, 0.25) is 0 Å². The van der Waals surface area contributed by atoms with E-state index in [2.05, 4.69) is 10.3 Å². The molecule has 6 nitrogen and oxygen atoms in total. The van der Waals surface area contributed by atoms with E-state index in [9.17, 15) is 15.2 Å². The van der Waals surface area contributed by atoms with Crippen LogP contribution in [-0.2, 0) is 0 Å². The summed E-state index contributed by atoms with van der Waals surface area (Å²) in [5, 5.41) is 23.8. The van der Waals surface area contributed by atoms with Crippen LogP contribution in [0.2, 0.25) is 0 Å². The Labute approximate surface area is 99.8 Å². The first-order chi connectivity index (χ1) is 7.65. The molecule has 0 unspecified atom stereocenters. The van der Waals surface area contributed by atoms with Crippen LogP contribution in [0.1, 0.15) is 27.7 Å². The van der Waals surface area contributed by atoms with Crippen molar-refractivity contribution < 1.29 is 10.0 Å². The third-order valence-electron chi connectivity index (χ3n) is 2.97. The van der Waals surface area contributed by atoms with E-state index in [0.29, 0.717) is 5.69 Å². The first kappa shape index (κ1) is 13.4. The Morgan fingerprint density at radius 2 is 2.00 bits per heavy atom. The molecule has 17 heavy (non-hydrogen) atoms. The zero-order chi connectivity index (χ0) is 13.3. The number of hydrogen-bond donors (Lipinski definition) is 2. The highest BCUT2D eigenvalue weighted by atomic mass is 16.6. The van der Waals surface area contributed by atoms with Gasteiger partial charge in [0.05, 0.1) is 16.1 Å². The third kappa shape index (κ3) is 2.91. The summed E-state index contributed by atoms with van der Waals surface area (Å²) in [6.45, 7) is 6.84. The molecule has 1 heterocycles. The highest BCUT2D eigenvalue weighted by Gasteiger charge is 2.36. The van der Waals surface area contributed by atoms with E-state index in [1.54, 1.807) is 27.7 Å². The van der Waals surface area contributed by atoms with Crippen molar-refractivity contribution in [3.05, 3.63) is 28.6 Å². The van der Waals surface area contributed by atoms with Crippen molar-refractivity contribution in [3.63, 3.8) is 0 Å². The van der Waals surface area contributed by atoms with Crippen molar-refractivity contribution >= 4 is 11.4 Å². The number of pyridine rings is 1. The van der Waals surface area contributed by atoms with E-state index in [1.165, 1.54) is 18.5 Å². The number of nitrogens with zero attached hydrogens (tertiary/aromatic N) is 2. The van der Waals surface area contributed by atoms with E-state index in [1.807, 2.05) is 0 Å². The number of nitrogens with one attached hydrogen (secondary N) is 1. The lowest BCUT2D eigenvalue weighted by molar-refractivity contribution is -0.384. The van der Waals surface area contributed by atoms with E-state index in [0.717, 1.165) is 0 Å². The van der Waals surface area contributed by atoms with Gasteiger partial charge in [-0.25, -0.2) is 0 Å². The van der Waals surface area contributed by atoms with E-state index >= 15 is 0 Å². The van der Waals surface area contributed by atoms with Gasteiger partial charge in [0.15, 0.2) is 0 Å². The number of hydrogen-bond acceptors (Lipinski definition) is 5. The van der Waals surface area contributed by atoms with Gasteiger partial charge in [-0.05, 0) is 33.8 Å². The van der Waals surface area contributed by atoms with Crippen LogP contribution in [0, 0.1) is 10.1 Å². The van der Waals surface area contributed by atoms with Crippen LogP contribution in [-0.4, -0.2) is 26.2 Å². The SMILES string of the molecule is CC(C)(O)C(C)(C)Nc1ccncc1[N+](=O)[O-]. The summed E-state index contributed by atoms with van der Waals surface area (Å²) in [6.07, 6.45) is 2.65. The molecule has 0 spiro atoms. The van der Waals surface area contributed by atoms with Crippen molar-refractivity contribution in [1.29, 1.82) is 0 Å². The van der Waals surface area contributed by atoms with Gasteiger partial charge in [-0.15, -0.1) is 0 Å². The average molecular weight is 239 g/mol. The Morgan fingerprint density at radius 1 is 1.41 bits per heavy atom. The molecule has 0 bridgehead atoms. The predicted octanol–water partition coefficient (Wildman–Crippen LogP) is 1.95. The highest BCUT2D eigenvalue weighted by molar-refractivity contribution is 5.61. The van der Waals surface area contributed by atoms with Gasteiger partial charge in [0.25, 0.3) is 0 Å². The van der Waals surface area contributed by atoms with Crippen LogP contribution in [0.25, 0.3) is 0 Å². The van der Waals surface area contributed by atoms with E-state index in [4.69, 9.17) is 0 Å².